The molecule has 0 bridgehead atoms. The standard InChI is InChI=1S/C16H33N3O4S/c1-7-24(21,22)19-10-8-18(9-11-19)14(3)12-13(2)17-15(20)23-16(4,5)6/h13-14H,7-12H2,1-6H3,(H,17,20)/t13-,14+/m0/s1. The van der Waals surface area contributed by atoms with E-state index in [0.717, 1.165) is 19.5 Å². The van der Waals surface area contributed by atoms with Gasteiger partial charge in [-0.05, 0) is 48.0 Å². The Morgan fingerprint density at radius 1 is 1.17 bits per heavy atom. The molecule has 7 nitrogen and oxygen atoms in total. The molecule has 0 aromatic heterocycles. The number of nitrogens with zero attached hydrogens (tertiary/aromatic N) is 2. The van der Waals surface area contributed by atoms with Crippen LogP contribution >= 0.6 is 0 Å². The van der Waals surface area contributed by atoms with Crippen molar-refractivity contribution in [2.45, 2.75) is 65.6 Å². The van der Waals surface area contributed by atoms with Crippen LogP contribution in [0.15, 0.2) is 0 Å². The second-order valence-corrected chi connectivity index (χ2v) is 9.73. The van der Waals surface area contributed by atoms with Crippen LogP contribution in [-0.2, 0) is 14.8 Å². The van der Waals surface area contributed by atoms with Crippen LogP contribution in [0.5, 0.6) is 0 Å². The quantitative estimate of drug-likeness (QED) is 0.776. The Morgan fingerprint density at radius 3 is 2.17 bits per heavy atom. The van der Waals surface area contributed by atoms with Gasteiger partial charge in [0.15, 0.2) is 0 Å². The smallest absolute Gasteiger partial charge is 0.407 e. The Bertz CT molecular complexity index is 508. The number of ether oxygens (including phenoxy) is 1. The van der Waals surface area contributed by atoms with Gasteiger partial charge in [0.2, 0.25) is 10.0 Å². The van der Waals surface area contributed by atoms with Crippen molar-refractivity contribution >= 4 is 16.1 Å². The van der Waals surface area contributed by atoms with Crippen molar-refractivity contribution in [1.82, 2.24) is 14.5 Å². The molecule has 142 valence electrons. The molecule has 1 aliphatic heterocycles. The van der Waals surface area contributed by atoms with Gasteiger partial charge in [0, 0.05) is 38.3 Å². The second-order valence-electron chi connectivity index (χ2n) is 7.47. The zero-order valence-electron chi connectivity index (χ0n) is 15.8. The number of hydrogen-bond acceptors (Lipinski definition) is 5. The van der Waals surface area contributed by atoms with E-state index in [0.29, 0.717) is 13.1 Å². The summed E-state index contributed by atoms with van der Waals surface area (Å²) in [4.78, 5) is 14.1. The zero-order chi connectivity index (χ0) is 18.5. The van der Waals surface area contributed by atoms with E-state index in [1.807, 2.05) is 27.7 Å². The van der Waals surface area contributed by atoms with Crippen molar-refractivity contribution in [2.75, 3.05) is 31.9 Å². The molecule has 1 aliphatic rings. The molecular weight excluding hydrogens is 330 g/mol. The van der Waals surface area contributed by atoms with Crippen molar-refractivity contribution in [3.63, 3.8) is 0 Å². The van der Waals surface area contributed by atoms with Crippen LogP contribution in [0.25, 0.3) is 0 Å². The van der Waals surface area contributed by atoms with Gasteiger partial charge < -0.3 is 10.1 Å². The SMILES string of the molecule is CCS(=O)(=O)N1CCN([C@H](C)C[C@H](C)NC(=O)OC(C)(C)C)CC1. The van der Waals surface area contributed by atoms with Crippen molar-refractivity contribution in [3.05, 3.63) is 0 Å². The normalized spacial score (nSPS) is 20.4. The summed E-state index contributed by atoms with van der Waals surface area (Å²) in [6, 6.07) is 0.258. The lowest BCUT2D eigenvalue weighted by Gasteiger charge is -2.38. The molecule has 0 aromatic rings. The fourth-order valence-electron chi connectivity index (χ4n) is 2.83. The minimum Gasteiger partial charge on any atom is -0.444 e. The Labute approximate surface area is 146 Å². The van der Waals surface area contributed by atoms with E-state index in [1.165, 1.54) is 0 Å². The fourth-order valence-corrected chi connectivity index (χ4v) is 3.92. The minimum absolute atomic E-state index is 0.00717. The molecule has 2 atom stereocenters. The largest absolute Gasteiger partial charge is 0.444 e. The van der Waals surface area contributed by atoms with E-state index < -0.39 is 21.7 Å². The first-order valence-corrected chi connectivity index (χ1v) is 10.3. The molecule has 1 amide bonds. The highest BCUT2D eigenvalue weighted by molar-refractivity contribution is 7.89. The highest BCUT2D eigenvalue weighted by atomic mass is 32.2. The topological polar surface area (TPSA) is 79.0 Å². The summed E-state index contributed by atoms with van der Waals surface area (Å²) in [5.41, 5.74) is -0.503. The molecule has 8 heteroatoms. The van der Waals surface area contributed by atoms with Crippen LogP contribution in [0.3, 0.4) is 0 Å². The molecule has 0 radical (unpaired) electrons. The van der Waals surface area contributed by atoms with E-state index in [2.05, 4.69) is 17.1 Å². The van der Waals surface area contributed by atoms with Gasteiger partial charge in [0.25, 0.3) is 0 Å². The summed E-state index contributed by atoms with van der Waals surface area (Å²) >= 11 is 0. The Balaban J connectivity index is 2.41. The first-order chi connectivity index (χ1) is 10.9. The summed E-state index contributed by atoms with van der Waals surface area (Å²) in [7, 11) is -3.09. The maximum Gasteiger partial charge on any atom is 0.407 e. The van der Waals surface area contributed by atoms with E-state index in [4.69, 9.17) is 4.74 Å². The molecule has 1 N–H and O–H groups in total. The highest BCUT2D eigenvalue weighted by Gasteiger charge is 2.28. The molecule has 24 heavy (non-hydrogen) atoms. The van der Waals surface area contributed by atoms with Crippen molar-refractivity contribution in [1.29, 1.82) is 0 Å². The summed E-state index contributed by atoms with van der Waals surface area (Å²) in [6.45, 7) is 13.8. The van der Waals surface area contributed by atoms with Gasteiger partial charge in [-0.1, -0.05) is 0 Å². The molecule has 0 unspecified atom stereocenters. The Hall–Kier alpha value is -0.860. The van der Waals surface area contributed by atoms with Gasteiger partial charge in [-0.15, -0.1) is 0 Å². The zero-order valence-corrected chi connectivity index (χ0v) is 16.6. The molecule has 1 fully saturated rings. The molecule has 0 saturated carbocycles. The van der Waals surface area contributed by atoms with Gasteiger partial charge >= 0.3 is 6.09 Å². The third-order valence-electron chi connectivity index (χ3n) is 4.11. The van der Waals surface area contributed by atoms with Gasteiger partial charge in [0.1, 0.15) is 5.60 Å². The Kier molecular flexibility index (Phi) is 7.49. The molecular formula is C16H33N3O4S. The number of sulfonamides is 1. The molecule has 1 saturated heterocycles. The van der Waals surface area contributed by atoms with Crippen LogP contribution in [0.4, 0.5) is 4.79 Å². The highest BCUT2D eigenvalue weighted by Crippen LogP contribution is 2.14. The average molecular weight is 364 g/mol. The van der Waals surface area contributed by atoms with Crippen molar-refractivity contribution in [2.24, 2.45) is 0 Å². The third-order valence-corrected chi connectivity index (χ3v) is 5.99. The lowest BCUT2D eigenvalue weighted by Crippen LogP contribution is -2.52. The minimum atomic E-state index is -3.09. The third kappa shape index (κ3) is 6.94. The predicted octanol–water partition coefficient (Wildman–Crippen LogP) is 1.65. The first kappa shape index (κ1) is 21.2. The van der Waals surface area contributed by atoms with Gasteiger partial charge in [-0.3, -0.25) is 4.90 Å². The van der Waals surface area contributed by atoms with Crippen LogP contribution in [0.1, 0.15) is 48.0 Å². The maximum absolute atomic E-state index is 11.9. The number of carbonyl (C=O) groups is 1. The number of carbonyl (C=O) groups excluding carboxylic acids is 1. The van der Waals surface area contributed by atoms with E-state index in [-0.39, 0.29) is 17.8 Å². The molecule has 1 rings (SSSR count). The molecule has 1 heterocycles. The van der Waals surface area contributed by atoms with Gasteiger partial charge in [-0.2, -0.15) is 4.31 Å². The van der Waals surface area contributed by atoms with Crippen molar-refractivity contribution in [3.8, 4) is 0 Å². The van der Waals surface area contributed by atoms with Crippen molar-refractivity contribution < 1.29 is 17.9 Å². The van der Waals surface area contributed by atoms with Gasteiger partial charge in [0.05, 0.1) is 5.75 Å². The first-order valence-electron chi connectivity index (χ1n) is 8.66. The van der Waals surface area contributed by atoms with E-state index in [1.54, 1.807) is 11.2 Å². The molecule has 0 aliphatic carbocycles. The lowest BCUT2D eigenvalue weighted by atomic mass is 10.1. The number of alkyl carbamates (subject to hydrolysis) is 1. The average Bonchev–Trinajstić information content (AvgIpc) is 2.45. The number of piperazine rings is 1. The van der Waals surface area contributed by atoms with Gasteiger partial charge in [-0.25, -0.2) is 13.2 Å². The summed E-state index contributed by atoms with van der Waals surface area (Å²) in [6.07, 6.45) is 0.390. The second kappa shape index (κ2) is 8.49. The summed E-state index contributed by atoms with van der Waals surface area (Å²) < 4.78 is 30.6. The van der Waals surface area contributed by atoms with E-state index >= 15 is 0 Å². The number of rotatable bonds is 6. The summed E-state index contributed by atoms with van der Waals surface area (Å²) in [5, 5.41) is 2.85. The maximum atomic E-state index is 11.9. The van der Waals surface area contributed by atoms with Crippen LogP contribution in [0.2, 0.25) is 0 Å². The molecule has 0 aromatic carbocycles. The Morgan fingerprint density at radius 2 is 1.71 bits per heavy atom. The lowest BCUT2D eigenvalue weighted by molar-refractivity contribution is 0.0493. The van der Waals surface area contributed by atoms with Crippen LogP contribution in [-0.4, -0.2) is 73.3 Å². The van der Waals surface area contributed by atoms with Crippen LogP contribution in [0, 0.1) is 0 Å². The number of hydrogen-bond donors (Lipinski definition) is 1. The monoisotopic (exact) mass is 363 g/mol. The fraction of sp³-hybridized carbons (Fsp3) is 0.938. The van der Waals surface area contributed by atoms with Crippen LogP contribution < -0.4 is 5.32 Å². The summed E-state index contributed by atoms with van der Waals surface area (Å²) in [5.74, 6) is 0.152. The molecule has 0 spiro atoms. The number of amides is 1. The predicted molar refractivity (Wildman–Crippen MR) is 95.5 cm³/mol. The van der Waals surface area contributed by atoms with E-state index in [9.17, 15) is 13.2 Å². The number of nitrogens with one attached hydrogen (secondary N) is 1.